The third-order valence-corrected chi connectivity index (χ3v) is 3.15. The molecular formula is C10H21N3. The molecule has 1 saturated heterocycles. The molecule has 0 amide bonds. The largest absolute Gasteiger partial charge is 0.387 e. The fraction of sp³-hybridized carbons (Fsp3) is 0.900. The lowest BCUT2D eigenvalue weighted by atomic mass is 9.79. The van der Waals surface area contributed by atoms with E-state index in [-0.39, 0.29) is 5.41 Å². The van der Waals surface area contributed by atoms with Crippen LogP contribution in [0.5, 0.6) is 0 Å². The number of hydrogen-bond donors (Lipinski definition) is 2. The summed E-state index contributed by atoms with van der Waals surface area (Å²) in [6, 6.07) is 0. The number of nitrogens with zero attached hydrogens (tertiary/aromatic N) is 1. The predicted molar refractivity (Wildman–Crippen MR) is 56.0 cm³/mol. The Labute approximate surface area is 80.8 Å². The van der Waals surface area contributed by atoms with Crippen LogP contribution in [0.2, 0.25) is 0 Å². The van der Waals surface area contributed by atoms with E-state index in [0.717, 1.165) is 25.9 Å². The molecule has 0 aromatic heterocycles. The van der Waals surface area contributed by atoms with Crippen LogP contribution in [0.1, 0.15) is 33.1 Å². The molecule has 0 aromatic carbocycles. The van der Waals surface area contributed by atoms with E-state index in [0.29, 0.717) is 5.84 Å². The molecule has 0 bridgehead atoms. The zero-order chi connectivity index (χ0) is 9.90. The zero-order valence-electron chi connectivity index (χ0n) is 8.77. The van der Waals surface area contributed by atoms with Gasteiger partial charge in [0.25, 0.3) is 0 Å². The van der Waals surface area contributed by atoms with Gasteiger partial charge in [-0.3, -0.25) is 5.41 Å². The molecule has 0 saturated carbocycles. The topological polar surface area (TPSA) is 53.1 Å². The number of nitrogens with two attached hydrogens (primary N) is 1. The quantitative estimate of drug-likeness (QED) is 0.514. The lowest BCUT2D eigenvalue weighted by molar-refractivity contribution is 0.163. The van der Waals surface area contributed by atoms with Crippen molar-refractivity contribution in [3.63, 3.8) is 0 Å². The molecule has 0 aromatic rings. The van der Waals surface area contributed by atoms with Crippen molar-refractivity contribution in [1.29, 1.82) is 5.41 Å². The molecular weight excluding hydrogens is 162 g/mol. The second kappa shape index (κ2) is 4.09. The minimum Gasteiger partial charge on any atom is -0.387 e. The van der Waals surface area contributed by atoms with Crippen molar-refractivity contribution in [2.75, 3.05) is 19.6 Å². The van der Waals surface area contributed by atoms with Crippen LogP contribution in [0.15, 0.2) is 0 Å². The maximum Gasteiger partial charge on any atom is 0.0966 e. The van der Waals surface area contributed by atoms with Gasteiger partial charge in [-0.15, -0.1) is 0 Å². The molecule has 1 aliphatic heterocycles. The minimum absolute atomic E-state index is 0.0236. The van der Waals surface area contributed by atoms with Crippen LogP contribution in [0.25, 0.3) is 0 Å². The van der Waals surface area contributed by atoms with Crippen LogP contribution >= 0.6 is 0 Å². The molecule has 13 heavy (non-hydrogen) atoms. The number of piperidine rings is 1. The first-order chi connectivity index (χ1) is 6.08. The first-order valence-electron chi connectivity index (χ1n) is 5.15. The Morgan fingerprint density at radius 1 is 1.46 bits per heavy atom. The number of amidine groups is 1. The van der Waals surface area contributed by atoms with Crippen molar-refractivity contribution in [3.8, 4) is 0 Å². The number of nitrogens with one attached hydrogen (secondary N) is 1. The Hall–Kier alpha value is -0.570. The van der Waals surface area contributed by atoms with Crippen molar-refractivity contribution in [1.82, 2.24) is 4.90 Å². The highest BCUT2D eigenvalue weighted by Gasteiger charge is 2.32. The second-order valence-electron chi connectivity index (χ2n) is 4.32. The third kappa shape index (κ3) is 2.44. The van der Waals surface area contributed by atoms with Gasteiger partial charge in [0.05, 0.1) is 5.84 Å². The second-order valence-corrected chi connectivity index (χ2v) is 4.32. The molecule has 3 N–H and O–H groups in total. The van der Waals surface area contributed by atoms with E-state index in [2.05, 4.69) is 18.7 Å². The predicted octanol–water partition coefficient (Wildman–Crippen LogP) is 1.43. The highest BCUT2D eigenvalue weighted by atomic mass is 15.1. The van der Waals surface area contributed by atoms with Crippen LogP contribution in [0, 0.1) is 10.8 Å². The molecule has 0 atom stereocenters. The van der Waals surface area contributed by atoms with E-state index in [4.69, 9.17) is 11.1 Å². The average molecular weight is 183 g/mol. The molecule has 1 fully saturated rings. The lowest BCUT2D eigenvalue weighted by Gasteiger charge is -2.38. The molecule has 1 aliphatic rings. The summed E-state index contributed by atoms with van der Waals surface area (Å²) in [4.78, 5) is 2.46. The zero-order valence-corrected chi connectivity index (χ0v) is 8.77. The van der Waals surface area contributed by atoms with E-state index < -0.39 is 0 Å². The Kier molecular flexibility index (Phi) is 3.31. The lowest BCUT2D eigenvalue weighted by Crippen LogP contribution is -2.45. The maximum atomic E-state index is 7.51. The fourth-order valence-electron chi connectivity index (χ4n) is 1.86. The van der Waals surface area contributed by atoms with Crippen LogP contribution in [0.4, 0.5) is 0 Å². The number of rotatable bonds is 3. The summed E-state index contributed by atoms with van der Waals surface area (Å²) in [5, 5.41) is 7.51. The van der Waals surface area contributed by atoms with Crippen molar-refractivity contribution in [2.24, 2.45) is 11.1 Å². The smallest absolute Gasteiger partial charge is 0.0966 e. The molecule has 1 heterocycles. The molecule has 0 radical (unpaired) electrons. The van der Waals surface area contributed by atoms with Crippen molar-refractivity contribution < 1.29 is 0 Å². The highest BCUT2D eigenvalue weighted by Crippen LogP contribution is 2.30. The van der Waals surface area contributed by atoms with Crippen molar-refractivity contribution >= 4 is 5.84 Å². The maximum absolute atomic E-state index is 7.51. The van der Waals surface area contributed by atoms with Gasteiger partial charge in [0.1, 0.15) is 0 Å². The first kappa shape index (κ1) is 10.5. The molecule has 3 nitrogen and oxygen atoms in total. The van der Waals surface area contributed by atoms with Gasteiger partial charge in [0.15, 0.2) is 0 Å². The van der Waals surface area contributed by atoms with Gasteiger partial charge in [-0.2, -0.15) is 0 Å². The summed E-state index contributed by atoms with van der Waals surface area (Å²) in [7, 11) is 0. The van der Waals surface area contributed by atoms with Crippen LogP contribution in [-0.4, -0.2) is 30.4 Å². The van der Waals surface area contributed by atoms with E-state index in [1.54, 1.807) is 0 Å². The summed E-state index contributed by atoms with van der Waals surface area (Å²) < 4.78 is 0. The van der Waals surface area contributed by atoms with E-state index in [9.17, 15) is 0 Å². The van der Waals surface area contributed by atoms with E-state index in [1.807, 2.05) is 0 Å². The standard InChI is InChI=1S/C10H21N3/c1-3-6-13-7-4-10(2,5-8-13)9(11)12/h3-8H2,1-2H3,(H3,11,12). The van der Waals surface area contributed by atoms with E-state index >= 15 is 0 Å². The van der Waals surface area contributed by atoms with Gasteiger partial charge in [0.2, 0.25) is 0 Å². The Balaban J connectivity index is 2.42. The van der Waals surface area contributed by atoms with Crippen molar-refractivity contribution in [3.05, 3.63) is 0 Å². The monoisotopic (exact) mass is 183 g/mol. The third-order valence-electron chi connectivity index (χ3n) is 3.15. The number of likely N-dealkylation sites (tertiary alicyclic amines) is 1. The van der Waals surface area contributed by atoms with Gasteiger partial charge in [-0.1, -0.05) is 13.8 Å². The Morgan fingerprint density at radius 3 is 2.38 bits per heavy atom. The fourth-order valence-corrected chi connectivity index (χ4v) is 1.86. The summed E-state index contributed by atoms with van der Waals surface area (Å²) in [6.45, 7) is 7.71. The molecule has 0 spiro atoms. The van der Waals surface area contributed by atoms with Crippen LogP contribution in [-0.2, 0) is 0 Å². The summed E-state index contributed by atoms with van der Waals surface area (Å²) in [5.41, 5.74) is 5.56. The van der Waals surface area contributed by atoms with Gasteiger partial charge in [-0.25, -0.2) is 0 Å². The first-order valence-corrected chi connectivity index (χ1v) is 5.15. The Bertz CT molecular complexity index is 181. The van der Waals surface area contributed by atoms with Gasteiger partial charge < -0.3 is 10.6 Å². The van der Waals surface area contributed by atoms with Crippen LogP contribution < -0.4 is 5.73 Å². The van der Waals surface area contributed by atoms with E-state index in [1.165, 1.54) is 13.0 Å². The molecule has 0 aliphatic carbocycles. The summed E-state index contributed by atoms with van der Waals surface area (Å²) >= 11 is 0. The SMILES string of the molecule is CCCN1CCC(C)(C(=N)N)CC1. The summed E-state index contributed by atoms with van der Waals surface area (Å²) in [6.07, 6.45) is 3.31. The average Bonchev–Trinajstić information content (AvgIpc) is 2.09. The van der Waals surface area contributed by atoms with Gasteiger partial charge >= 0.3 is 0 Å². The van der Waals surface area contributed by atoms with Crippen molar-refractivity contribution in [2.45, 2.75) is 33.1 Å². The van der Waals surface area contributed by atoms with Crippen LogP contribution in [0.3, 0.4) is 0 Å². The molecule has 1 rings (SSSR count). The normalized spacial score (nSPS) is 22.9. The molecule has 3 heteroatoms. The minimum atomic E-state index is -0.0236. The summed E-state index contributed by atoms with van der Waals surface area (Å²) in [5.74, 6) is 0.364. The highest BCUT2D eigenvalue weighted by molar-refractivity contribution is 5.83. The Morgan fingerprint density at radius 2 is 2.00 bits per heavy atom. The molecule has 0 unspecified atom stereocenters. The van der Waals surface area contributed by atoms with Gasteiger partial charge in [-0.05, 0) is 38.9 Å². The number of hydrogen-bond acceptors (Lipinski definition) is 2. The van der Waals surface area contributed by atoms with Gasteiger partial charge in [0, 0.05) is 5.41 Å². The molecule has 76 valence electrons.